The number of anilines is 1. The maximum absolute atomic E-state index is 13.3. The normalized spacial score (nSPS) is 23.0. The van der Waals surface area contributed by atoms with Gasteiger partial charge in [0.15, 0.2) is 5.76 Å². The fourth-order valence-corrected chi connectivity index (χ4v) is 6.25. The first-order chi connectivity index (χ1) is 13.3. The SMILES string of the molecule is Cc1noc(C)c1S(=O)(=O)N1CCCC(C(=O)N2c3ccccc3CC2C)C1. The predicted octanol–water partition coefficient (Wildman–Crippen LogP) is 2.67. The number of hydrogen-bond donors (Lipinski definition) is 0. The van der Waals surface area contributed by atoms with E-state index in [2.05, 4.69) is 5.16 Å². The number of piperidine rings is 1. The zero-order valence-corrected chi connectivity index (χ0v) is 17.2. The van der Waals surface area contributed by atoms with Gasteiger partial charge >= 0.3 is 0 Å². The molecule has 1 saturated heterocycles. The number of amides is 1. The summed E-state index contributed by atoms with van der Waals surface area (Å²) in [5.74, 6) is -0.0539. The van der Waals surface area contributed by atoms with E-state index in [0.29, 0.717) is 25.1 Å². The van der Waals surface area contributed by atoms with Gasteiger partial charge in [0.05, 0.1) is 5.92 Å². The molecule has 2 aliphatic heterocycles. The molecule has 0 spiro atoms. The Bertz CT molecular complexity index is 995. The van der Waals surface area contributed by atoms with Crippen LogP contribution in [0.5, 0.6) is 0 Å². The van der Waals surface area contributed by atoms with Crippen LogP contribution in [0.15, 0.2) is 33.7 Å². The molecule has 0 radical (unpaired) electrons. The number of para-hydroxylation sites is 1. The second-order valence-corrected chi connectivity index (χ2v) is 9.62. The number of carbonyl (C=O) groups excluding carboxylic acids is 1. The van der Waals surface area contributed by atoms with Crippen LogP contribution >= 0.6 is 0 Å². The topological polar surface area (TPSA) is 83.7 Å². The number of aromatic nitrogens is 1. The molecular weight excluding hydrogens is 378 g/mol. The highest BCUT2D eigenvalue weighted by molar-refractivity contribution is 7.89. The number of carbonyl (C=O) groups is 1. The van der Waals surface area contributed by atoms with Crippen LogP contribution in [-0.4, -0.2) is 42.9 Å². The first-order valence-corrected chi connectivity index (χ1v) is 11.1. The first kappa shape index (κ1) is 19.1. The Balaban J connectivity index is 1.59. The molecule has 1 fully saturated rings. The molecule has 2 aromatic rings. The van der Waals surface area contributed by atoms with Crippen molar-refractivity contribution in [3.63, 3.8) is 0 Å². The molecule has 150 valence electrons. The highest BCUT2D eigenvalue weighted by Gasteiger charge is 2.40. The van der Waals surface area contributed by atoms with Gasteiger partial charge in [-0.2, -0.15) is 4.31 Å². The molecule has 0 bridgehead atoms. The van der Waals surface area contributed by atoms with Crippen molar-refractivity contribution in [3.8, 4) is 0 Å². The Morgan fingerprint density at radius 1 is 1.25 bits per heavy atom. The van der Waals surface area contributed by atoms with E-state index in [4.69, 9.17) is 4.52 Å². The fraction of sp³-hybridized carbons (Fsp3) is 0.500. The third-order valence-corrected chi connectivity index (χ3v) is 7.85. The van der Waals surface area contributed by atoms with Crippen molar-refractivity contribution >= 4 is 21.6 Å². The Hall–Kier alpha value is -2.19. The summed E-state index contributed by atoms with van der Waals surface area (Å²) < 4.78 is 32.8. The van der Waals surface area contributed by atoms with Gasteiger partial charge in [-0.25, -0.2) is 8.42 Å². The van der Waals surface area contributed by atoms with Crippen molar-refractivity contribution in [1.29, 1.82) is 0 Å². The number of benzene rings is 1. The quantitative estimate of drug-likeness (QED) is 0.787. The van der Waals surface area contributed by atoms with Crippen LogP contribution in [0.2, 0.25) is 0 Å². The Labute approximate surface area is 165 Å². The summed E-state index contributed by atoms with van der Waals surface area (Å²) in [6, 6.07) is 8.02. The van der Waals surface area contributed by atoms with Crippen LogP contribution in [0.1, 0.15) is 36.8 Å². The van der Waals surface area contributed by atoms with Gasteiger partial charge in [0.2, 0.25) is 15.9 Å². The molecule has 4 rings (SSSR count). The number of aryl methyl sites for hydroxylation is 2. The lowest BCUT2D eigenvalue weighted by atomic mass is 9.97. The number of hydrogen-bond acceptors (Lipinski definition) is 5. The average Bonchev–Trinajstić information content (AvgIpc) is 3.19. The van der Waals surface area contributed by atoms with Crippen LogP contribution in [-0.2, 0) is 21.2 Å². The Morgan fingerprint density at radius 3 is 2.71 bits per heavy atom. The molecule has 0 N–H and O–H groups in total. The predicted molar refractivity (Wildman–Crippen MR) is 105 cm³/mol. The van der Waals surface area contributed by atoms with Gasteiger partial charge in [-0.15, -0.1) is 0 Å². The zero-order chi connectivity index (χ0) is 20.1. The summed E-state index contributed by atoms with van der Waals surface area (Å²) in [6.07, 6.45) is 2.18. The molecule has 0 saturated carbocycles. The molecule has 2 aliphatic rings. The van der Waals surface area contributed by atoms with Crippen LogP contribution in [0.4, 0.5) is 5.69 Å². The van der Waals surface area contributed by atoms with Crippen LogP contribution in [0, 0.1) is 19.8 Å². The summed E-state index contributed by atoms with van der Waals surface area (Å²) in [5, 5.41) is 3.77. The summed E-state index contributed by atoms with van der Waals surface area (Å²) in [6.45, 7) is 5.86. The lowest BCUT2D eigenvalue weighted by Crippen LogP contribution is -2.48. The highest BCUT2D eigenvalue weighted by atomic mass is 32.2. The van der Waals surface area contributed by atoms with E-state index in [0.717, 1.165) is 12.1 Å². The van der Waals surface area contributed by atoms with Gasteiger partial charge in [0.25, 0.3) is 0 Å². The van der Waals surface area contributed by atoms with Crippen LogP contribution in [0.25, 0.3) is 0 Å². The van der Waals surface area contributed by atoms with E-state index in [1.54, 1.807) is 13.8 Å². The Morgan fingerprint density at radius 2 is 2.00 bits per heavy atom. The largest absolute Gasteiger partial charge is 0.360 e. The van der Waals surface area contributed by atoms with Crippen molar-refractivity contribution in [2.45, 2.75) is 51.0 Å². The minimum atomic E-state index is -3.74. The summed E-state index contributed by atoms with van der Waals surface area (Å²) in [5.41, 5.74) is 2.47. The van der Waals surface area contributed by atoms with Crippen LogP contribution in [0.3, 0.4) is 0 Å². The van der Waals surface area contributed by atoms with Crippen LogP contribution < -0.4 is 4.90 Å². The molecule has 8 heteroatoms. The maximum atomic E-state index is 13.3. The molecule has 2 unspecified atom stereocenters. The molecular formula is C20H25N3O4S. The van der Waals surface area contributed by atoms with E-state index in [1.807, 2.05) is 36.1 Å². The van der Waals surface area contributed by atoms with Gasteiger partial charge in [-0.05, 0) is 51.7 Å². The number of fused-ring (bicyclic) bond motifs is 1. The second-order valence-electron chi connectivity index (χ2n) is 7.75. The van der Waals surface area contributed by atoms with Crippen molar-refractivity contribution < 1.29 is 17.7 Å². The molecule has 1 amide bonds. The first-order valence-electron chi connectivity index (χ1n) is 9.64. The van der Waals surface area contributed by atoms with E-state index >= 15 is 0 Å². The van der Waals surface area contributed by atoms with Gasteiger partial charge in [-0.1, -0.05) is 23.4 Å². The van der Waals surface area contributed by atoms with Crippen molar-refractivity contribution in [2.24, 2.45) is 5.92 Å². The lowest BCUT2D eigenvalue weighted by Gasteiger charge is -2.34. The second kappa shape index (κ2) is 7.00. The van der Waals surface area contributed by atoms with E-state index in [9.17, 15) is 13.2 Å². The molecule has 3 heterocycles. The molecule has 28 heavy (non-hydrogen) atoms. The number of nitrogens with zero attached hydrogens (tertiary/aromatic N) is 3. The highest BCUT2D eigenvalue weighted by Crippen LogP contribution is 2.35. The standard InChI is InChI=1S/C20H25N3O4S/c1-13-11-16-7-4-5-9-18(16)23(13)20(24)17-8-6-10-22(12-17)28(25,26)19-14(2)21-27-15(19)3/h4-5,7,9,13,17H,6,8,10-12H2,1-3H3. The number of rotatable bonds is 3. The summed E-state index contributed by atoms with van der Waals surface area (Å²) >= 11 is 0. The van der Waals surface area contributed by atoms with E-state index in [1.165, 1.54) is 9.87 Å². The monoisotopic (exact) mass is 403 g/mol. The summed E-state index contributed by atoms with van der Waals surface area (Å²) in [4.78, 5) is 15.3. The zero-order valence-electron chi connectivity index (χ0n) is 16.4. The minimum Gasteiger partial charge on any atom is -0.360 e. The Kier molecular flexibility index (Phi) is 4.79. The van der Waals surface area contributed by atoms with Gasteiger partial charge in [0.1, 0.15) is 10.6 Å². The number of sulfonamides is 1. The smallest absolute Gasteiger partial charge is 0.248 e. The average molecular weight is 404 g/mol. The molecule has 1 aromatic carbocycles. The molecule has 0 aliphatic carbocycles. The molecule has 2 atom stereocenters. The van der Waals surface area contributed by atoms with Crippen molar-refractivity contribution in [3.05, 3.63) is 41.3 Å². The van der Waals surface area contributed by atoms with Gasteiger partial charge in [-0.3, -0.25) is 4.79 Å². The van der Waals surface area contributed by atoms with Gasteiger partial charge in [0, 0.05) is 24.8 Å². The molecule has 7 nitrogen and oxygen atoms in total. The minimum absolute atomic E-state index is 0.0103. The third-order valence-electron chi connectivity index (χ3n) is 5.74. The third kappa shape index (κ3) is 3.04. The van der Waals surface area contributed by atoms with E-state index in [-0.39, 0.29) is 35.1 Å². The van der Waals surface area contributed by atoms with Crippen molar-refractivity contribution in [1.82, 2.24) is 9.46 Å². The molecule has 1 aromatic heterocycles. The maximum Gasteiger partial charge on any atom is 0.248 e. The van der Waals surface area contributed by atoms with E-state index < -0.39 is 10.0 Å². The summed E-state index contributed by atoms with van der Waals surface area (Å²) in [7, 11) is -3.74. The lowest BCUT2D eigenvalue weighted by molar-refractivity contribution is -0.123. The van der Waals surface area contributed by atoms with Crippen molar-refractivity contribution in [2.75, 3.05) is 18.0 Å². The van der Waals surface area contributed by atoms with Gasteiger partial charge < -0.3 is 9.42 Å². The fourth-order valence-electron chi connectivity index (χ4n) is 4.43.